The SMILES string of the molecule is Cc1sc(-n2cccc2)c(C(=O)N[C@H](C)c2ccco2)c1C. The molecule has 0 aliphatic rings. The number of amides is 1. The van der Waals surface area contributed by atoms with E-state index in [1.165, 1.54) is 0 Å². The maximum atomic E-state index is 12.7. The largest absolute Gasteiger partial charge is 0.467 e. The number of carbonyl (C=O) groups excluding carboxylic acids is 1. The Balaban J connectivity index is 1.92. The first-order valence-corrected chi connectivity index (χ1v) is 7.97. The zero-order valence-corrected chi connectivity index (χ0v) is 13.6. The van der Waals surface area contributed by atoms with Gasteiger partial charge in [-0.3, -0.25) is 4.79 Å². The summed E-state index contributed by atoms with van der Waals surface area (Å²) in [5, 5.41) is 3.96. The normalized spacial score (nSPS) is 12.3. The van der Waals surface area contributed by atoms with Gasteiger partial charge in [0.1, 0.15) is 10.8 Å². The Morgan fingerprint density at radius 3 is 2.64 bits per heavy atom. The minimum absolute atomic E-state index is 0.0746. The molecule has 0 aliphatic heterocycles. The van der Waals surface area contributed by atoms with E-state index in [4.69, 9.17) is 4.42 Å². The summed E-state index contributed by atoms with van der Waals surface area (Å²) in [6.07, 6.45) is 5.53. The molecule has 5 heteroatoms. The number of aryl methyl sites for hydroxylation is 1. The molecule has 0 saturated carbocycles. The van der Waals surface area contributed by atoms with Gasteiger partial charge in [-0.15, -0.1) is 11.3 Å². The van der Waals surface area contributed by atoms with Crippen LogP contribution in [0.1, 0.15) is 39.5 Å². The highest BCUT2D eigenvalue weighted by Crippen LogP contribution is 2.31. The van der Waals surface area contributed by atoms with Gasteiger partial charge in [-0.2, -0.15) is 0 Å². The molecule has 0 bridgehead atoms. The van der Waals surface area contributed by atoms with Crippen molar-refractivity contribution in [3.63, 3.8) is 0 Å². The van der Waals surface area contributed by atoms with Gasteiger partial charge < -0.3 is 14.3 Å². The smallest absolute Gasteiger partial charge is 0.255 e. The minimum atomic E-state index is -0.167. The van der Waals surface area contributed by atoms with Crippen LogP contribution in [0.15, 0.2) is 47.3 Å². The Hall–Kier alpha value is -2.27. The molecule has 3 rings (SSSR count). The zero-order valence-electron chi connectivity index (χ0n) is 12.8. The zero-order chi connectivity index (χ0) is 15.7. The van der Waals surface area contributed by atoms with Gasteiger partial charge in [-0.05, 0) is 50.6 Å². The lowest BCUT2D eigenvalue weighted by Gasteiger charge is -2.13. The summed E-state index contributed by atoms with van der Waals surface area (Å²) in [6.45, 7) is 5.95. The van der Waals surface area contributed by atoms with E-state index in [1.807, 2.05) is 62.0 Å². The molecule has 0 aromatic carbocycles. The summed E-state index contributed by atoms with van der Waals surface area (Å²) < 4.78 is 7.34. The van der Waals surface area contributed by atoms with Gasteiger partial charge in [0.2, 0.25) is 0 Å². The van der Waals surface area contributed by atoms with Crippen molar-refractivity contribution in [2.75, 3.05) is 0 Å². The summed E-state index contributed by atoms with van der Waals surface area (Å²) in [6, 6.07) is 7.43. The molecule has 3 aromatic heterocycles. The van der Waals surface area contributed by atoms with Crippen LogP contribution >= 0.6 is 11.3 Å². The average Bonchev–Trinajstić information content (AvgIpc) is 3.21. The summed E-state index contributed by atoms with van der Waals surface area (Å²) in [5.41, 5.74) is 1.76. The highest BCUT2D eigenvalue weighted by Gasteiger charge is 2.22. The van der Waals surface area contributed by atoms with Crippen molar-refractivity contribution < 1.29 is 9.21 Å². The van der Waals surface area contributed by atoms with Crippen molar-refractivity contribution in [3.05, 3.63) is 64.7 Å². The third-order valence-corrected chi connectivity index (χ3v) is 4.97. The highest BCUT2D eigenvalue weighted by molar-refractivity contribution is 7.15. The molecular weight excluding hydrogens is 296 g/mol. The third kappa shape index (κ3) is 2.60. The summed E-state index contributed by atoms with van der Waals surface area (Å²) in [7, 11) is 0. The van der Waals surface area contributed by atoms with Gasteiger partial charge in [0.25, 0.3) is 5.91 Å². The second-order valence-electron chi connectivity index (χ2n) is 5.26. The quantitative estimate of drug-likeness (QED) is 0.783. The van der Waals surface area contributed by atoms with E-state index in [0.717, 1.165) is 26.8 Å². The van der Waals surface area contributed by atoms with E-state index in [9.17, 15) is 4.79 Å². The fourth-order valence-corrected chi connectivity index (χ4v) is 3.53. The maximum Gasteiger partial charge on any atom is 0.255 e. The summed E-state index contributed by atoms with van der Waals surface area (Å²) in [5.74, 6) is 0.676. The minimum Gasteiger partial charge on any atom is -0.467 e. The topological polar surface area (TPSA) is 47.2 Å². The first-order valence-electron chi connectivity index (χ1n) is 7.15. The average molecular weight is 314 g/mol. The van der Waals surface area contributed by atoms with Crippen LogP contribution in [-0.2, 0) is 0 Å². The summed E-state index contributed by atoms with van der Waals surface area (Å²) in [4.78, 5) is 13.9. The van der Waals surface area contributed by atoms with Crippen LogP contribution in [0.5, 0.6) is 0 Å². The lowest BCUT2D eigenvalue weighted by atomic mass is 10.1. The van der Waals surface area contributed by atoms with Gasteiger partial charge in [0.05, 0.1) is 17.9 Å². The summed E-state index contributed by atoms with van der Waals surface area (Å²) >= 11 is 1.63. The fourth-order valence-electron chi connectivity index (χ4n) is 2.41. The second kappa shape index (κ2) is 5.85. The highest BCUT2D eigenvalue weighted by atomic mass is 32.1. The Bertz CT molecular complexity index is 770. The number of furan rings is 1. The fraction of sp³-hybridized carbons (Fsp3) is 0.235. The van der Waals surface area contributed by atoms with Gasteiger partial charge in [0, 0.05) is 17.3 Å². The molecule has 3 aromatic rings. The molecule has 0 saturated heterocycles. The molecule has 1 N–H and O–H groups in total. The number of thiophene rings is 1. The molecule has 0 fully saturated rings. The van der Waals surface area contributed by atoms with E-state index >= 15 is 0 Å². The molecule has 1 amide bonds. The van der Waals surface area contributed by atoms with Crippen molar-refractivity contribution in [3.8, 4) is 5.00 Å². The number of carbonyl (C=O) groups is 1. The predicted molar refractivity (Wildman–Crippen MR) is 87.7 cm³/mol. The number of hydrogen-bond acceptors (Lipinski definition) is 3. The van der Waals surface area contributed by atoms with Crippen LogP contribution < -0.4 is 5.32 Å². The van der Waals surface area contributed by atoms with E-state index in [2.05, 4.69) is 5.32 Å². The molecule has 114 valence electrons. The number of nitrogens with zero attached hydrogens (tertiary/aromatic N) is 1. The van der Waals surface area contributed by atoms with Crippen LogP contribution in [0.3, 0.4) is 0 Å². The molecule has 0 radical (unpaired) electrons. The first kappa shape index (κ1) is 14.7. The lowest BCUT2D eigenvalue weighted by molar-refractivity contribution is 0.0935. The van der Waals surface area contributed by atoms with Crippen molar-refractivity contribution >= 4 is 17.2 Å². The monoisotopic (exact) mass is 314 g/mol. The lowest BCUT2D eigenvalue weighted by Crippen LogP contribution is -2.27. The Morgan fingerprint density at radius 2 is 2.00 bits per heavy atom. The van der Waals surface area contributed by atoms with Crippen LogP contribution in [-0.4, -0.2) is 10.5 Å². The Kier molecular flexibility index (Phi) is 3.90. The predicted octanol–water partition coefficient (Wildman–Crippen LogP) is 4.24. The van der Waals surface area contributed by atoms with Crippen LogP contribution in [0.25, 0.3) is 5.00 Å². The maximum absolute atomic E-state index is 12.7. The molecular formula is C17H18N2O2S. The first-order chi connectivity index (χ1) is 10.6. The number of rotatable bonds is 4. The van der Waals surface area contributed by atoms with E-state index in [-0.39, 0.29) is 11.9 Å². The van der Waals surface area contributed by atoms with Crippen molar-refractivity contribution in [1.82, 2.24) is 9.88 Å². The molecule has 1 atom stereocenters. The van der Waals surface area contributed by atoms with Crippen LogP contribution in [0.4, 0.5) is 0 Å². The van der Waals surface area contributed by atoms with Crippen molar-refractivity contribution in [1.29, 1.82) is 0 Å². The molecule has 0 aliphatic carbocycles. The Labute approximate surface area is 133 Å². The molecule has 22 heavy (non-hydrogen) atoms. The van der Waals surface area contributed by atoms with E-state index in [0.29, 0.717) is 0 Å². The van der Waals surface area contributed by atoms with Gasteiger partial charge in [-0.25, -0.2) is 0 Å². The van der Waals surface area contributed by atoms with Crippen LogP contribution in [0.2, 0.25) is 0 Å². The van der Waals surface area contributed by atoms with Crippen molar-refractivity contribution in [2.24, 2.45) is 0 Å². The Morgan fingerprint density at radius 1 is 1.27 bits per heavy atom. The molecule has 4 nitrogen and oxygen atoms in total. The number of hydrogen-bond donors (Lipinski definition) is 1. The standard InChI is InChI=1S/C17H18N2O2S/c1-11-13(3)22-17(19-8-4-5-9-19)15(11)16(20)18-12(2)14-7-6-10-21-14/h4-10,12H,1-3H3,(H,18,20)/t12-/m1/s1. The molecule has 0 spiro atoms. The van der Waals surface area contributed by atoms with Gasteiger partial charge in [0.15, 0.2) is 0 Å². The number of nitrogens with one attached hydrogen (secondary N) is 1. The van der Waals surface area contributed by atoms with Gasteiger partial charge >= 0.3 is 0 Å². The third-order valence-electron chi connectivity index (χ3n) is 3.75. The number of aromatic nitrogens is 1. The molecule has 3 heterocycles. The molecule has 0 unspecified atom stereocenters. The van der Waals surface area contributed by atoms with Gasteiger partial charge in [-0.1, -0.05) is 0 Å². The second-order valence-corrected chi connectivity index (χ2v) is 6.47. The van der Waals surface area contributed by atoms with Crippen molar-refractivity contribution in [2.45, 2.75) is 26.8 Å². The van der Waals surface area contributed by atoms with Crippen LogP contribution in [0, 0.1) is 13.8 Å². The van der Waals surface area contributed by atoms with E-state index in [1.54, 1.807) is 17.6 Å². The van der Waals surface area contributed by atoms with E-state index < -0.39 is 0 Å².